The zero-order valence-electron chi connectivity index (χ0n) is 12.1. The molecule has 3 N–H and O–H groups in total. The van der Waals surface area contributed by atoms with E-state index in [0.717, 1.165) is 16.5 Å². The molecule has 4 heteroatoms. The van der Waals surface area contributed by atoms with Crippen molar-refractivity contribution in [2.45, 2.75) is 0 Å². The van der Waals surface area contributed by atoms with Crippen molar-refractivity contribution in [1.29, 1.82) is 5.41 Å². The van der Waals surface area contributed by atoms with Gasteiger partial charge in [0.1, 0.15) is 17.2 Å². The second-order valence-corrected chi connectivity index (χ2v) is 5.42. The number of anilines is 1. The van der Waals surface area contributed by atoms with Gasteiger partial charge in [0.15, 0.2) is 0 Å². The molecule has 3 nitrogen and oxygen atoms in total. The van der Waals surface area contributed by atoms with Crippen LogP contribution in [0.25, 0.3) is 33.4 Å². The van der Waals surface area contributed by atoms with Crippen molar-refractivity contribution in [3.63, 3.8) is 0 Å². The number of halogens is 1. The number of benzene rings is 3. The van der Waals surface area contributed by atoms with E-state index in [-0.39, 0.29) is 5.82 Å². The average Bonchev–Trinajstić information content (AvgIpc) is 2.53. The molecule has 4 rings (SSSR count). The predicted molar refractivity (Wildman–Crippen MR) is 88.5 cm³/mol. The number of rotatable bonds is 1. The highest BCUT2D eigenvalue weighted by molar-refractivity contribution is 6.02. The van der Waals surface area contributed by atoms with E-state index in [9.17, 15) is 4.39 Å². The lowest BCUT2D eigenvalue weighted by Gasteiger charge is -2.15. The zero-order valence-corrected chi connectivity index (χ0v) is 12.1. The number of hydrogen-bond donors (Lipinski definition) is 2. The Labute approximate surface area is 131 Å². The molecule has 0 bridgehead atoms. The minimum absolute atomic E-state index is 0.298. The van der Waals surface area contributed by atoms with Crippen LogP contribution in [0.1, 0.15) is 0 Å². The Morgan fingerprint density at radius 1 is 0.913 bits per heavy atom. The molecule has 0 fully saturated rings. The van der Waals surface area contributed by atoms with E-state index >= 15 is 0 Å². The highest BCUT2D eigenvalue weighted by Crippen LogP contribution is 2.40. The van der Waals surface area contributed by atoms with E-state index in [0.29, 0.717) is 28.0 Å². The third-order valence-corrected chi connectivity index (χ3v) is 3.89. The molecule has 1 aliphatic carbocycles. The molecular weight excluding hydrogens is 291 g/mol. The monoisotopic (exact) mass is 304 g/mol. The zero-order chi connectivity index (χ0) is 16.0. The van der Waals surface area contributed by atoms with Crippen LogP contribution >= 0.6 is 0 Å². The highest BCUT2D eigenvalue weighted by Gasteiger charge is 2.18. The van der Waals surface area contributed by atoms with Crippen molar-refractivity contribution >= 4 is 16.7 Å². The van der Waals surface area contributed by atoms with Gasteiger partial charge >= 0.3 is 0 Å². The summed E-state index contributed by atoms with van der Waals surface area (Å²) in [6, 6.07) is 17.1. The van der Waals surface area contributed by atoms with E-state index in [2.05, 4.69) is 0 Å². The van der Waals surface area contributed by atoms with Crippen molar-refractivity contribution < 1.29 is 8.81 Å². The molecule has 1 aliphatic heterocycles. The van der Waals surface area contributed by atoms with Crippen LogP contribution in [0.2, 0.25) is 0 Å². The highest BCUT2D eigenvalue weighted by atomic mass is 19.1. The first kappa shape index (κ1) is 13.5. The van der Waals surface area contributed by atoms with Gasteiger partial charge in [0, 0.05) is 39.9 Å². The number of hydrogen-bond acceptors (Lipinski definition) is 3. The van der Waals surface area contributed by atoms with Crippen LogP contribution < -0.4 is 11.1 Å². The summed E-state index contributed by atoms with van der Waals surface area (Å²) in [6.07, 6.45) is 0. The predicted octanol–water partition coefficient (Wildman–Crippen LogP) is 4.41. The number of nitrogens with two attached hydrogens (primary N) is 1. The van der Waals surface area contributed by atoms with Crippen molar-refractivity contribution in [3.05, 3.63) is 71.8 Å². The van der Waals surface area contributed by atoms with Gasteiger partial charge < -0.3 is 15.6 Å². The standard InChI is InChI=1S/C19H13FN2O/c20-16-4-2-1-3-13(16)19-14-7-5-11(21)9-17(14)23-18-10-12(22)6-8-15(18)19/h1-10,21H,22H2. The van der Waals surface area contributed by atoms with Crippen LogP contribution in [-0.4, -0.2) is 0 Å². The molecule has 0 aromatic heterocycles. The molecule has 112 valence electrons. The fourth-order valence-electron chi connectivity index (χ4n) is 2.86. The summed E-state index contributed by atoms with van der Waals surface area (Å²) < 4.78 is 20.3. The summed E-state index contributed by atoms with van der Waals surface area (Å²) in [5.41, 5.74) is 9.00. The fraction of sp³-hybridized carbons (Fsp3) is 0. The summed E-state index contributed by atoms with van der Waals surface area (Å²) in [6.45, 7) is 0. The molecule has 0 saturated heterocycles. The Bertz CT molecular complexity index is 1070. The molecule has 0 spiro atoms. The van der Waals surface area contributed by atoms with Crippen LogP contribution in [0.4, 0.5) is 10.1 Å². The van der Waals surface area contributed by atoms with Crippen molar-refractivity contribution in [1.82, 2.24) is 0 Å². The molecule has 1 heterocycles. The largest absolute Gasteiger partial charge is 0.456 e. The number of nitrogen functional groups attached to an aromatic ring is 1. The second-order valence-electron chi connectivity index (χ2n) is 5.42. The lowest BCUT2D eigenvalue weighted by Crippen LogP contribution is -2.00. The molecule has 2 aromatic rings. The van der Waals surface area contributed by atoms with Gasteiger partial charge in [0.05, 0.1) is 5.36 Å². The number of nitrogens with one attached hydrogen (secondary N) is 1. The van der Waals surface area contributed by atoms with Crippen LogP contribution in [0.3, 0.4) is 0 Å². The van der Waals surface area contributed by atoms with E-state index in [1.807, 2.05) is 6.07 Å². The Hall–Kier alpha value is -3.14. The normalized spacial score (nSPS) is 11.2. The molecule has 0 saturated carbocycles. The van der Waals surface area contributed by atoms with Gasteiger partial charge in [-0.2, -0.15) is 0 Å². The molecule has 2 aromatic carbocycles. The van der Waals surface area contributed by atoms with Crippen LogP contribution in [-0.2, 0) is 0 Å². The van der Waals surface area contributed by atoms with Crippen LogP contribution in [0, 0.1) is 11.2 Å². The maximum absolute atomic E-state index is 14.4. The van der Waals surface area contributed by atoms with E-state index in [1.165, 1.54) is 6.07 Å². The average molecular weight is 304 g/mol. The third-order valence-electron chi connectivity index (χ3n) is 3.89. The minimum atomic E-state index is -0.298. The molecule has 0 radical (unpaired) electrons. The first-order valence-electron chi connectivity index (χ1n) is 7.19. The maximum Gasteiger partial charge on any atom is 0.137 e. The molecule has 23 heavy (non-hydrogen) atoms. The van der Waals surface area contributed by atoms with Gasteiger partial charge in [-0.25, -0.2) is 4.39 Å². The lowest BCUT2D eigenvalue weighted by atomic mass is 9.93. The fourth-order valence-corrected chi connectivity index (χ4v) is 2.86. The summed E-state index contributed by atoms with van der Waals surface area (Å²) in [7, 11) is 0. The Morgan fingerprint density at radius 3 is 2.57 bits per heavy atom. The van der Waals surface area contributed by atoms with Crippen molar-refractivity contribution in [3.8, 4) is 22.5 Å². The first-order valence-corrected chi connectivity index (χ1v) is 7.19. The quantitative estimate of drug-likeness (QED) is 0.404. The summed E-state index contributed by atoms with van der Waals surface area (Å²) in [4.78, 5) is 0. The molecule has 0 amide bonds. The van der Waals surface area contributed by atoms with Crippen LogP contribution in [0.5, 0.6) is 0 Å². The van der Waals surface area contributed by atoms with Gasteiger partial charge in [-0.3, -0.25) is 0 Å². The summed E-state index contributed by atoms with van der Waals surface area (Å²) in [5, 5.41) is 8.91. The van der Waals surface area contributed by atoms with Crippen molar-refractivity contribution in [2.75, 3.05) is 5.73 Å². The maximum atomic E-state index is 14.4. The summed E-state index contributed by atoms with van der Waals surface area (Å²) in [5.74, 6) is 0.238. The Balaban J connectivity index is 2.23. The SMILES string of the molecule is N=c1ccc2c(-c3ccccc3F)c3ccc(N)cc3oc-2c1. The molecular formula is C19H13FN2O. The van der Waals surface area contributed by atoms with Gasteiger partial charge in [0.25, 0.3) is 0 Å². The van der Waals surface area contributed by atoms with Gasteiger partial charge in [-0.15, -0.1) is 0 Å². The van der Waals surface area contributed by atoms with Gasteiger partial charge in [-0.1, -0.05) is 18.2 Å². The molecule has 2 aliphatic rings. The van der Waals surface area contributed by atoms with Gasteiger partial charge in [-0.05, 0) is 30.3 Å². The first-order chi connectivity index (χ1) is 11.1. The Kier molecular flexibility index (Phi) is 2.91. The van der Waals surface area contributed by atoms with E-state index < -0.39 is 0 Å². The minimum Gasteiger partial charge on any atom is -0.456 e. The third kappa shape index (κ3) is 2.16. The van der Waals surface area contributed by atoms with E-state index in [1.54, 1.807) is 48.5 Å². The van der Waals surface area contributed by atoms with Gasteiger partial charge in [0.2, 0.25) is 0 Å². The topological polar surface area (TPSA) is 63.0 Å². The smallest absolute Gasteiger partial charge is 0.137 e. The molecule has 0 atom stereocenters. The number of fused-ring (bicyclic) bond motifs is 2. The lowest BCUT2D eigenvalue weighted by molar-refractivity contribution is 0.617. The van der Waals surface area contributed by atoms with Crippen molar-refractivity contribution in [2.24, 2.45) is 0 Å². The second kappa shape index (κ2) is 4.95. The summed E-state index contributed by atoms with van der Waals surface area (Å²) >= 11 is 0. The molecule has 0 unspecified atom stereocenters. The Morgan fingerprint density at radius 2 is 1.74 bits per heavy atom. The van der Waals surface area contributed by atoms with Crippen LogP contribution in [0.15, 0.2) is 65.1 Å². The van der Waals surface area contributed by atoms with E-state index in [4.69, 9.17) is 15.6 Å².